The molecule has 0 amide bonds. The summed E-state index contributed by atoms with van der Waals surface area (Å²) in [6.45, 7) is 8.85. The van der Waals surface area contributed by atoms with Crippen molar-refractivity contribution in [2.75, 3.05) is 0 Å². The zero-order chi connectivity index (χ0) is 17.3. The second-order valence-electron chi connectivity index (χ2n) is 6.81. The predicted molar refractivity (Wildman–Crippen MR) is 101 cm³/mol. The topological polar surface area (TPSA) is 16.8 Å². The van der Waals surface area contributed by atoms with Crippen LogP contribution in [0.4, 0.5) is 0 Å². The van der Waals surface area contributed by atoms with E-state index < -0.39 is 0 Å². The molecule has 0 unspecified atom stereocenters. The first-order valence-corrected chi connectivity index (χ1v) is 8.91. The van der Waals surface area contributed by atoms with Crippen molar-refractivity contribution in [1.29, 1.82) is 0 Å². The molecule has 0 N–H and O–H groups in total. The molecule has 0 spiro atoms. The molecule has 1 aromatic heterocycles. The number of fused-ring (bicyclic) bond motifs is 1. The molecule has 2 nitrogen and oxygen atoms in total. The Morgan fingerprint density at radius 1 is 1.00 bits per heavy atom. The Bertz CT molecular complexity index is 877. The SMILES string of the molecule is CCC(CC)c1ccc2c(-c3cc(C)ccc3C)[n+](C)cnc2c1. The molecule has 0 saturated carbocycles. The fraction of sp³-hybridized carbons (Fsp3) is 0.364. The second-order valence-corrected chi connectivity index (χ2v) is 6.81. The summed E-state index contributed by atoms with van der Waals surface area (Å²) in [6, 6.07) is 13.5. The van der Waals surface area contributed by atoms with Gasteiger partial charge in [0.05, 0.1) is 12.4 Å². The van der Waals surface area contributed by atoms with Crippen LogP contribution in [-0.4, -0.2) is 4.98 Å². The fourth-order valence-electron chi connectivity index (χ4n) is 3.59. The molecule has 3 aromatic rings. The van der Waals surface area contributed by atoms with E-state index in [2.05, 4.69) is 75.7 Å². The van der Waals surface area contributed by atoms with Gasteiger partial charge in [-0.3, -0.25) is 0 Å². The Morgan fingerprint density at radius 2 is 1.75 bits per heavy atom. The van der Waals surface area contributed by atoms with Crippen LogP contribution in [-0.2, 0) is 7.05 Å². The molecular weight excluding hydrogens is 292 g/mol. The summed E-state index contributed by atoms with van der Waals surface area (Å²) in [7, 11) is 2.08. The summed E-state index contributed by atoms with van der Waals surface area (Å²) in [4.78, 5) is 4.69. The number of benzene rings is 2. The molecular formula is C22H27N2+. The molecule has 2 aromatic carbocycles. The zero-order valence-corrected chi connectivity index (χ0v) is 15.4. The number of hydrogen-bond acceptors (Lipinski definition) is 1. The number of nitrogens with zero attached hydrogens (tertiary/aromatic N) is 2. The number of aromatic nitrogens is 2. The molecule has 24 heavy (non-hydrogen) atoms. The number of rotatable bonds is 4. The average molecular weight is 319 g/mol. The minimum Gasteiger partial charge on any atom is -0.232 e. The van der Waals surface area contributed by atoms with Gasteiger partial charge in [-0.15, -0.1) is 0 Å². The van der Waals surface area contributed by atoms with E-state index in [-0.39, 0.29) is 0 Å². The first kappa shape index (κ1) is 16.6. The maximum atomic E-state index is 4.69. The molecule has 124 valence electrons. The lowest BCUT2D eigenvalue weighted by atomic mass is 9.92. The lowest BCUT2D eigenvalue weighted by Crippen LogP contribution is -2.31. The molecule has 3 rings (SSSR count). The molecule has 0 saturated heterocycles. The van der Waals surface area contributed by atoms with Gasteiger partial charge in [0.25, 0.3) is 6.33 Å². The van der Waals surface area contributed by atoms with Gasteiger partial charge in [0.15, 0.2) is 5.52 Å². The maximum Gasteiger partial charge on any atom is 0.287 e. The van der Waals surface area contributed by atoms with Crippen LogP contribution < -0.4 is 4.57 Å². The molecule has 0 aliphatic carbocycles. The molecule has 0 aliphatic rings. The van der Waals surface area contributed by atoms with Crippen LogP contribution in [0, 0.1) is 13.8 Å². The summed E-state index contributed by atoms with van der Waals surface area (Å²) < 4.78 is 2.14. The molecule has 0 radical (unpaired) electrons. The van der Waals surface area contributed by atoms with Crippen molar-refractivity contribution in [3.63, 3.8) is 0 Å². The lowest BCUT2D eigenvalue weighted by Gasteiger charge is -2.14. The van der Waals surface area contributed by atoms with E-state index in [1.165, 1.54) is 46.2 Å². The smallest absolute Gasteiger partial charge is 0.232 e. The van der Waals surface area contributed by atoms with E-state index >= 15 is 0 Å². The standard InChI is InChI=1S/C22H27N2/c1-6-17(7-2)18-10-11-19-21(13-18)23-14-24(5)22(19)20-12-15(3)8-9-16(20)4/h8-14,17H,6-7H2,1-5H3/q+1. The van der Waals surface area contributed by atoms with Gasteiger partial charge < -0.3 is 0 Å². The van der Waals surface area contributed by atoms with Crippen LogP contribution in [0.3, 0.4) is 0 Å². The summed E-state index contributed by atoms with van der Waals surface area (Å²) >= 11 is 0. The van der Waals surface area contributed by atoms with Gasteiger partial charge in [-0.05, 0) is 66.9 Å². The van der Waals surface area contributed by atoms with Crippen molar-refractivity contribution >= 4 is 10.9 Å². The van der Waals surface area contributed by atoms with Gasteiger partial charge in [-0.2, -0.15) is 0 Å². The summed E-state index contributed by atoms with van der Waals surface area (Å²) in [5, 5.41) is 1.23. The minimum atomic E-state index is 0.620. The summed E-state index contributed by atoms with van der Waals surface area (Å²) in [5.74, 6) is 0.620. The van der Waals surface area contributed by atoms with Crippen molar-refractivity contribution in [2.45, 2.75) is 46.5 Å². The highest BCUT2D eigenvalue weighted by Gasteiger charge is 2.18. The first-order chi connectivity index (χ1) is 11.5. The van der Waals surface area contributed by atoms with E-state index in [4.69, 9.17) is 4.98 Å². The second kappa shape index (κ2) is 6.72. The Labute approximate surface area is 145 Å². The van der Waals surface area contributed by atoms with Crippen LogP contribution >= 0.6 is 0 Å². The van der Waals surface area contributed by atoms with E-state index in [0.29, 0.717) is 5.92 Å². The van der Waals surface area contributed by atoms with E-state index in [1.807, 2.05) is 6.33 Å². The highest BCUT2D eigenvalue weighted by Crippen LogP contribution is 2.31. The highest BCUT2D eigenvalue weighted by molar-refractivity contribution is 5.91. The number of aryl methyl sites for hydroxylation is 3. The van der Waals surface area contributed by atoms with Crippen LogP contribution in [0.1, 0.15) is 49.3 Å². The molecule has 0 aliphatic heterocycles. The highest BCUT2D eigenvalue weighted by atomic mass is 15.0. The van der Waals surface area contributed by atoms with Crippen LogP contribution in [0.25, 0.3) is 22.2 Å². The summed E-state index contributed by atoms with van der Waals surface area (Å²) in [5.41, 5.74) is 7.62. The van der Waals surface area contributed by atoms with E-state index in [0.717, 1.165) is 5.52 Å². The van der Waals surface area contributed by atoms with Gasteiger partial charge in [0.1, 0.15) is 5.69 Å². The zero-order valence-electron chi connectivity index (χ0n) is 15.4. The molecule has 0 atom stereocenters. The van der Waals surface area contributed by atoms with Gasteiger partial charge >= 0.3 is 0 Å². The summed E-state index contributed by atoms with van der Waals surface area (Å²) in [6.07, 6.45) is 4.29. The van der Waals surface area contributed by atoms with Crippen molar-refractivity contribution in [3.8, 4) is 11.3 Å². The largest absolute Gasteiger partial charge is 0.287 e. The minimum absolute atomic E-state index is 0.620. The normalized spacial score (nSPS) is 11.4. The van der Waals surface area contributed by atoms with E-state index in [9.17, 15) is 0 Å². The molecule has 2 heteroatoms. The lowest BCUT2D eigenvalue weighted by molar-refractivity contribution is -0.662. The third kappa shape index (κ3) is 2.93. The molecule has 1 heterocycles. The molecule has 0 bridgehead atoms. The van der Waals surface area contributed by atoms with Crippen LogP contribution in [0.2, 0.25) is 0 Å². The monoisotopic (exact) mass is 319 g/mol. The van der Waals surface area contributed by atoms with Gasteiger partial charge in [0.2, 0.25) is 0 Å². The van der Waals surface area contributed by atoms with Crippen LogP contribution in [0.15, 0.2) is 42.7 Å². The quantitative estimate of drug-likeness (QED) is 0.600. The predicted octanol–water partition coefficient (Wildman–Crippen LogP) is 5.25. The Morgan fingerprint density at radius 3 is 2.46 bits per heavy atom. The van der Waals surface area contributed by atoms with Gasteiger partial charge in [0, 0.05) is 5.56 Å². The Balaban J connectivity index is 2.25. The Kier molecular flexibility index (Phi) is 4.66. The number of hydrogen-bond donors (Lipinski definition) is 0. The van der Waals surface area contributed by atoms with Gasteiger partial charge in [-0.25, -0.2) is 4.57 Å². The van der Waals surface area contributed by atoms with Gasteiger partial charge in [-0.1, -0.05) is 37.6 Å². The van der Waals surface area contributed by atoms with Crippen molar-refractivity contribution < 1.29 is 4.57 Å². The first-order valence-electron chi connectivity index (χ1n) is 8.91. The van der Waals surface area contributed by atoms with Crippen LogP contribution in [0.5, 0.6) is 0 Å². The van der Waals surface area contributed by atoms with Crippen molar-refractivity contribution in [1.82, 2.24) is 4.98 Å². The van der Waals surface area contributed by atoms with Crippen molar-refractivity contribution in [3.05, 3.63) is 59.4 Å². The maximum absolute atomic E-state index is 4.69. The average Bonchev–Trinajstić information content (AvgIpc) is 2.58. The van der Waals surface area contributed by atoms with E-state index in [1.54, 1.807) is 0 Å². The fourth-order valence-corrected chi connectivity index (χ4v) is 3.59. The Hall–Kier alpha value is -2.22. The third-order valence-electron chi connectivity index (χ3n) is 5.10. The third-order valence-corrected chi connectivity index (χ3v) is 5.10. The molecule has 0 fully saturated rings. The van der Waals surface area contributed by atoms with Crippen molar-refractivity contribution in [2.24, 2.45) is 7.05 Å².